The quantitative estimate of drug-likeness (QED) is 0.549. The largest absolute Gasteiger partial charge is 0.449 e. The number of allylic oxidation sites excluding steroid dienone is 1. The van der Waals surface area contributed by atoms with E-state index in [0.29, 0.717) is 13.0 Å². The van der Waals surface area contributed by atoms with Gasteiger partial charge < -0.3 is 34.5 Å². The van der Waals surface area contributed by atoms with Gasteiger partial charge in [0.15, 0.2) is 11.5 Å². The number of carbonyl (C=O) groups is 4. The van der Waals surface area contributed by atoms with Crippen molar-refractivity contribution in [2.45, 2.75) is 50.8 Å². The van der Waals surface area contributed by atoms with E-state index < -0.39 is 41.3 Å². The summed E-state index contributed by atoms with van der Waals surface area (Å²) in [7, 11) is 1.47. The SMILES string of the molecule is CO[C@@]12[C@H](COC(N)=O)C3=C(C(=O)C(CC(C)C)C4(OCCO4)C3=O)N1C[C@H]1[C@@H]2N1C(C)=O. The number of methoxy groups -OCH3 is 1. The predicted molar refractivity (Wildman–Crippen MR) is 110 cm³/mol. The number of hydrogen-bond donors (Lipinski definition) is 1. The summed E-state index contributed by atoms with van der Waals surface area (Å²) in [5.41, 5.74) is 4.43. The number of amides is 2. The molecule has 5 atom stereocenters. The first kappa shape index (κ1) is 22.3. The van der Waals surface area contributed by atoms with E-state index in [1.54, 1.807) is 9.80 Å². The molecule has 5 rings (SSSR count). The van der Waals surface area contributed by atoms with E-state index in [1.807, 2.05) is 13.8 Å². The maximum absolute atomic E-state index is 14.1. The van der Waals surface area contributed by atoms with E-state index in [2.05, 4.69) is 0 Å². The van der Waals surface area contributed by atoms with Crippen molar-refractivity contribution in [2.75, 3.05) is 33.5 Å². The average molecular weight is 463 g/mol. The Morgan fingerprint density at radius 1 is 1.21 bits per heavy atom. The van der Waals surface area contributed by atoms with Crippen molar-refractivity contribution < 1.29 is 38.1 Å². The second-order valence-electron chi connectivity index (χ2n) is 9.69. The van der Waals surface area contributed by atoms with Gasteiger partial charge in [0.1, 0.15) is 12.6 Å². The highest BCUT2D eigenvalue weighted by Crippen LogP contribution is 2.61. The Morgan fingerprint density at radius 2 is 1.88 bits per heavy atom. The monoisotopic (exact) mass is 463 g/mol. The number of primary amides is 1. The van der Waals surface area contributed by atoms with E-state index in [9.17, 15) is 19.2 Å². The van der Waals surface area contributed by atoms with Crippen LogP contribution in [0.5, 0.6) is 0 Å². The normalized spacial score (nSPS) is 35.9. The van der Waals surface area contributed by atoms with Crippen LogP contribution in [-0.4, -0.2) is 90.4 Å². The average Bonchev–Trinajstić information content (AvgIpc) is 3.05. The topological polar surface area (TPSA) is 137 Å². The summed E-state index contributed by atoms with van der Waals surface area (Å²) in [5, 5.41) is 0. The lowest BCUT2D eigenvalue weighted by atomic mass is 9.73. The number of Topliss-reactive ketones (excluding diaryl/α,β-unsaturated/α-hetero) is 2. The van der Waals surface area contributed by atoms with Crippen molar-refractivity contribution in [3.05, 3.63) is 11.3 Å². The molecule has 0 radical (unpaired) electrons. The number of piperazine rings is 1. The minimum atomic E-state index is -1.71. The van der Waals surface area contributed by atoms with Crippen LogP contribution < -0.4 is 5.73 Å². The highest BCUT2D eigenvalue weighted by Gasteiger charge is 2.79. The van der Waals surface area contributed by atoms with Crippen LogP contribution in [-0.2, 0) is 33.3 Å². The fraction of sp³-hybridized carbons (Fsp3) is 0.727. The molecular formula is C22H29N3O8. The molecule has 1 unspecified atom stereocenters. The second kappa shape index (κ2) is 7.25. The number of rotatable bonds is 5. The lowest BCUT2D eigenvalue weighted by Crippen LogP contribution is -2.56. The summed E-state index contributed by atoms with van der Waals surface area (Å²) in [6.45, 7) is 5.85. The Bertz CT molecular complexity index is 971. The Balaban J connectivity index is 1.65. The van der Waals surface area contributed by atoms with Gasteiger partial charge in [-0.05, 0) is 12.3 Å². The minimum absolute atomic E-state index is 0.112. The Kier molecular flexibility index (Phi) is 4.90. The Labute approximate surface area is 191 Å². The van der Waals surface area contributed by atoms with Crippen LogP contribution in [0.1, 0.15) is 27.2 Å². The first-order chi connectivity index (χ1) is 15.6. The predicted octanol–water partition coefficient (Wildman–Crippen LogP) is -0.220. The minimum Gasteiger partial charge on any atom is -0.449 e. The third-order valence-corrected chi connectivity index (χ3v) is 7.60. The fourth-order valence-corrected chi connectivity index (χ4v) is 6.49. The van der Waals surface area contributed by atoms with E-state index in [0.717, 1.165) is 0 Å². The highest BCUT2D eigenvalue weighted by molar-refractivity contribution is 6.17. The van der Waals surface area contributed by atoms with Crippen molar-refractivity contribution >= 4 is 23.6 Å². The molecule has 3 fully saturated rings. The molecular weight excluding hydrogens is 434 g/mol. The van der Waals surface area contributed by atoms with Crippen molar-refractivity contribution in [1.82, 2.24) is 9.80 Å². The number of carbonyl (C=O) groups excluding carboxylic acids is 4. The standard InChI is InChI=1S/C22H29N3O8/c1-10(2)7-12-17(27)16-15(19(28)22(12)32-5-6-33-22)13(9-31-20(23)29)21(30-4)18-14(8-24(16)21)25(18)11(3)26/h10,12-14,18H,5-9H2,1-4H3,(H2,23,29)/t12?,13-,14+,18+,21-,25?/m1/s1. The van der Waals surface area contributed by atoms with Gasteiger partial charge in [-0.2, -0.15) is 0 Å². The van der Waals surface area contributed by atoms with Crippen LogP contribution in [0.4, 0.5) is 4.79 Å². The van der Waals surface area contributed by atoms with Crippen molar-refractivity contribution in [1.29, 1.82) is 0 Å². The molecule has 5 aliphatic rings. The number of hydrogen-bond acceptors (Lipinski definition) is 9. The smallest absolute Gasteiger partial charge is 0.404 e. The van der Waals surface area contributed by atoms with Crippen LogP contribution in [0.2, 0.25) is 0 Å². The number of nitrogens with two attached hydrogens (primary N) is 1. The van der Waals surface area contributed by atoms with E-state index in [1.165, 1.54) is 14.0 Å². The molecule has 0 aromatic rings. The zero-order chi connectivity index (χ0) is 23.9. The highest BCUT2D eigenvalue weighted by atomic mass is 16.7. The zero-order valence-corrected chi connectivity index (χ0v) is 19.2. The van der Waals surface area contributed by atoms with E-state index in [4.69, 9.17) is 24.7 Å². The molecule has 0 bridgehead atoms. The van der Waals surface area contributed by atoms with Crippen molar-refractivity contribution in [3.63, 3.8) is 0 Å². The van der Waals surface area contributed by atoms with Crippen molar-refractivity contribution in [2.24, 2.45) is 23.5 Å². The van der Waals surface area contributed by atoms with E-state index in [-0.39, 0.29) is 54.7 Å². The number of ether oxygens (including phenoxy) is 4. The first-order valence-corrected chi connectivity index (χ1v) is 11.3. The van der Waals surface area contributed by atoms with Crippen molar-refractivity contribution in [3.8, 4) is 0 Å². The molecule has 33 heavy (non-hydrogen) atoms. The van der Waals surface area contributed by atoms with Gasteiger partial charge in [-0.1, -0.05) is 13.8 Å². The molecule has 11 nitrogen and oxygen atoms in total. The number of nitrogens with zero attached hydrogens (tertiary/aromatic N) is 2. The summed E-state index contributed by atoms with van der Waals surface area (Å²) >= 11 is 0. The van der Waals surface area contributed by atoms with Gasteiger partial charge >= 0.3 is 6.09 Å². The van der Waals surface area contributed by atoms with Gasteiger partial charge in [-0.3, -0.25) is 14.4 Å². The first-order valence-electron chi connectivity index (χ1n) is 11.3. The van der Waals surface area contributed by atoms with Gasteiger partial charge in [-0.15, -0.1) is 0 Å². The molecule has 4 heterocycles. The molecule has 4 aliphatic heterocycles. The summed E-state index contributed by atoms with van der Waals surface area (Å²) in [5.74, 6) is -4.07. The van der Waals surface area contributed by atoms with Crippen LogP contribution in [0.15, 0.2) is 11.3 Å². The van der Waals surface area contributed by atoms with Gasteiger partial charge in [0.25, 0.3) is 0 Å². The summed E-state index contributed by atoms with van der Waals surface area (Å²) < 4.78 is 22.9. The molecule has 2 N–H and O–H groups in total. The number of ketones is 2. The van der Waals surface area contributed by atoms with Crippen LogP contribution in [0, 0.1) is 17.8 Å². The van der Waals surface area contributed by atoms with Gasteiger partial charge in [-0.25, -0.2) is 4.79 Å². The maximum Gasteiger partial charge on any atom is 0.404 e. The molecule has 11 heteroatoms. The Hall–Kier alpha value is -2.50. The molecule has 1 spiro atoms. The lowest BCUT2D eigenvalue weighted by molar-refractivity contribution is -0.202. The molecule has 0 aromatic heterocycles. The molecule has 2 amide bonds. The fourth-order valence-electron chi connectivity index (χ4n) is 6.49. The molecule has 0 aromatic carbocycles. The number of fused-ring (bicyclic) bond motifs is 4. The summed E-state index contributed by atoms with van der Waals surface area (Å²) in [6.07, 6.45) is -0.602. The lowest BCUT2D eigenvalue weighted by Gasteiger charge is -2.41. The van der Waals surface area contributed by atoms with Crippen LogP contribution in [0.3, 0.4) is 0 Å². The van der Waals surface area contributed by atoms with Crippen LogP contribution in [0.25, 0.3) is 0 Å². The Morgan fingerprint density at radius 3 is 2.42 bits per heavy atom. The van der Waals surface area contributed by atoms with Crippen LogP contribution >= 0.6 is 0 Å². The zero-order valence-electron chi connectivity index (χ0n) is 19.2. The van der Waals surface area contributed by atoms with Gasteiger partial charge in [0, 0.05) is 26.2 Å². The molecule has 180 valence electrons. The third kappa shape index (κ3) is 2.72. The summed E-state index contributed by atoms with van der Waals surface area (Å²) in [6, 6.07) is -0.550. The third-order valence-electron chi connectivity index (χ3n) is 7.60. The summed E-state index contributed by atoms with van der Waals surface area (Å²) in [4.78, 5) is 55.2. The second-order valence-corrected chi connectivity index (χ2v) is 9.69. The molecule has 1 aliphatic carbocycles. The van der Waals surface area contributed by atoms with Gasteiger partial charge in [0.2, 0.25) is 17.5 Å². The maximum atomic E-state index is 14.1. The molecule has 3 saturated heterocycles. The molecule has 0 saturated carbocycles. The van der Waals surface area contributed by atoms with Gasteiger partial charge in [0.05, 0.1) is 36.8 Å². The van der Waals surface area contributed by atoms with E-state index >= 15 is 0 Å².